The van der Waals surface area contributed by atoms with E-state index in [9.17, 15) is 0 Å². The van der Waals surface area contributed by atoms with Crippen molar-refractivity contribution >= 4 is 0 Å². The molecule has 0 radical (unpaired) electrons. The number of hydrogen-bond acceptors (Lipinski definition) is 3. The lowest BCUT2D eigenvalue weighted by Crippen LogP contribution is -2.58. The van der Waals surface area contributed by atoms with Crippen molar-refractivity contribution in [3.8, 4) is 0 Å². The molecule has 3 nitrogen and oxygen atoms in total. The number of likely N-dealkylation sites (N-methyl/N-ethyl adjacent to an activating group) is 1. The topological polar surface area (TPSA) is 32.5 Å². The fourth-order valence-corrected chi connectivity index (χ4v) is 2.86. The third-order valence-corrected chi connectivity index (χ3v) is 4.52. The van der Waals surface area contributed by atoms with Crippen LogP contribution in [0.1, 0.15) is 46.0 Å². The zero-order valence-corrected chi connectivity index (χ0v) is 12.0. The van der Waals surface area contributed by atoms with Crippen LogP contribution in [0.5, 0.6) is 0 Å². The second-order valence-corrected chi connectivity index (χ2v) is 5.49. The summed E-state index contributed by atoms with van der Waals surface area (Å²) in [7, 11) is 2.27. The molecule has 0 aromatic carbocycles. The van der Waals surface area contributed by atoms with Gasteiger partial charge < -0.3 is 10.6 Å². The maximum absolute atomic E-state index is 6.07. The lowest BCUT2D eigenvalue weighted by atomic mass is 9.85. The molecular formula is C14H31N3. The van der Waals surface area contributed by atoms with E-state index in [0.29, 0.717) is 0 Å². The zero-order chi connectivity index (χ0) is 12.7. The predicted molar refractivity (Wildman–Crippen MR) is 75.3 cm³/mol. The maximum Gasteiger partial charge on any atom is 0.0353 e. The summed E-state index contributed by atoms with van der Waals surface area (Å²) in [4.78, 5) is 5.07. The molecule has 102 valence electrons. The number of nitrogens with zero attached hydrogens (tertiary/aromatic N) is 2. The average molecular weight is 241 g/mol. The quantitative estimate of drug-likeness (QED) is 0.691. The zero-order valence-electron chi connectivity index (χ0n) is 12.0. The number of nitrogens with two attached hydrogens (primary N) is 1. The minimum absolute atomic E-state index is 0.277. The molecule has 17 heavy (non-hydrogen) atoms. The highest BCUT2D eigenvalue weighted by Crippen LogP contribution is 2.27. The molecule has 1 saturated heterocycles. The Morgan fingerprint density at radius 1 is 1.18 bits per heavy atom. The standard InChI is InChI=1S/C14H31N3/c1-4-6-7-10-16(3)14(13-15)8-11-17(5-2)12-9-14/h4-13,15H2,1-3H3. The van der Waals surface area contributed by atoms with Gasteiger partial charge in [-0.1, -0.05) is 26.7 Å². The van der Waals surface area contributed by atoms with Crippen LogP contribution in [0.15, 0.2) is 0 Å². The molecule has 1 heterocycles. The Labute approximate surface area is 107 Å². The Bertz CT molecular complexity index is 198. The molecule has 0 aromatic heterocycles. The van der Waals surface area contributed by atoms with Gasteiger partial charge in [0.1, 0.15) is 0 Å². The second kappa shape index (κ2) is 7.34. The Morgan fingerprint density at radius 3 is 2.29 bits per heavy atom. The van der Waals surface area contributed by atoms with Crippen molar-refractivity contribution in [1.82, 2.24) is 9.80 Å². The molecule has 0 aromatic rings. The number of unbranched alkanes of at least 4 members (excludes halogenated alkanes) is 2. The van der Waals surface area contributed by atoms with Gasteiger partial charge in [-0.3, -0.25) is 4.90 Å². The summed E-state index contributed by atoms with van der Waals surface area (Å²) in [6.45, 7) is 10.1. The molecule has 1 rings (SSSR count). The summed E-state index contributed by atoms with van der Waals surface area (Å²) < 4.78 is 0. The molecule has 0 amide bonds. The molecule has 3 heteroatoms. The Morgan fingerprint density at radius 2 is 1.82 bits per heavy atom. The largest absolute Gasteiger partial charge is 0.329 e. The van der Waals surface area contributed by atoms with E-state index >= 15 is 0 Å². The van der Waals surface area contributed by atoms with Crippen molar-refractivity contribution in [1.29, 1.82) is 0 Å². The first kappa shape index (κ1) is 14.9. The smallest absolute Gasteiger partial charge is 0.0353 e. The summed E-state index contributed by atoms with van der Waals surface area (Å²) in [6, 6.07) is 0. The van der Waals surface area contributed by atoms with Crippen LogP contribution in [0.3, 0.4) is 0 Å². The van der Waals surface area contributed by atoms with E-state index in [4.69, 9.17) is 5.73 Å². The van der Waals surface area contributed by atoms with Gasteiger partial charge in [-0.15, -0.1) is 0 Å². The van der Waals surface area contributed by atoms with Crippen molar-refractivity contribution in [2.24, 2.45) is 5.73 Å². The molecule has 2 N–H and O–H groups in total. The number of likely N-dealkylation sites (tertiary alicyclic amines) is 1. The van der Waals surface area contributed by atoms with E-state index in [0.717, 1.165) is 6.54 Å². The molecule has 0 atom stereocenters. The van der Waals surface area contributed by atoms with E-state index < -0.39 is 0 Å². The van der Waals surface area contributed by atoms with Crippen LogP contribution in [0.2, 0.25) is 0 Å². The normalized spacial score (nSPS) is 21.0. The van der Waals surface area contributed by atoms with Crippen LogP contribution < -0.4 is 5.73 Å². The van der Waals surface area contributed by atoms with Crippen LogP contribution in [0, 0.1) is 0 Å². The molecular weight excluding hydrogens is 210 g/mol. The van der Waals surface area contributed by atoms with Gasteiger partial charge in [0, 0.05) is 12.1 Å². The summed E-state index contributed by atoms with van der Waals surface area (Å²) in [6.07, 6.45) is 6.42. The van der Waals surface area contributed by atoms with Crippen molar-refractivity contribution in [2.75, 3.05) is 39.8 Å². The number of piperidine rings is 1. The second-order valence-electron chi connectivity index (χ2n) is 5.49. The Hall–Kier alpha value is -0.120. The van der Waals surface area contributed by atoms with Crippen LogP contribution >= 0.6 is 0 Å². The molecule has 1 aliphatic rings. The fourth-order valence-electron chi connectivity index (χ4n) is 2.86. The van der Waals surface area contributed by atoms with Gasteiger partial charge in [-0.25, -0.2) is 0 Å². The van der Waals surface area contributed by atoms with E-state index in [-0.39, 0.29) is 5.54 Å². The van der Waals surface area contributed by atoms with Crippen LogP contribution in [-0.2, 0) is 0 Å². The highest BCUT2D eigenvalue weighted by atomic mass is 15.2. The highest BCUT2D eigenvalue weighted by molar-refractivity contribution is 4.95. The van der Waals surface area contributed by atoms with Gasteiger partial charge >= 0.3 is 0 Å². The van der Waals surface area contributed by atoms with Gasteiger partial charge in [0.15, 0.2) is 0 Å². The van der Waals surface area contributed by atoms with Crippen molar-refractivity contribution in [3.63, 3.8) is 0 Å². The minimum atomic E-state index is 0.277. The van der Waals surface area contributed by atoms with Gasteiger partial charge in [0.2, 0.25) is 0 Å². The molecule has 0 bridgehead atoms. The van der Waals surface area contributed by atoms with E-state index in [1.165, 1.54) is 58.3 Å². The van der Waals surface area contributed by atoms with Gasteiger partial charge in [0.25, 0.3) is 0 Å². The van der Waals surface area contributed by atoms with Crippen LogP contribution in [-0.4, -0.2) is 55.1 Å². The molecule has 0 spiro atoms. The number of rotatable bonds is 7. The summed E-state index contributed by atoms with van der Waals surface area (Å²) in [5, 5.41) is 0. The average Bonchev–Trinajstić information content (AvgIpc) is 2.39. The van der Waals surface area contributed by atoms with Crippen molar-refractivity contribution < 1.29 is 0 Å². The van der Waals surface area contributed by atoms with Crippen molar-refractivity contribution in [2.45, 2.75) is 51.5 Å². The van der Waals surface area contributed by atoms with E-state index in [1.54, 1.807) is 0 Å². The lowest BCUT2D eigenvalue weighted by Gasteiger charge is -2.47. The van der Waals surface area contributed by atoms with Gasteiger partial charge in [0.05, 0.1) is 0 Å². The molecule has 0 aliphatic carbocycles. The van der Waals surface area contributed by atoms with Crippen LogP contribution in [0.4, 0.5) is 0 Å². The van der Waals surface area contributed by atoms with E-state index in [1.807, 2.05) is 0 Å². The lowest BCUT2D eigenvalue weighted by molar-refractivity contribution is 0.0461. The third-order valence-electron chi connectivity index (χ3n) is 4.52. The SMILES string of the molecule is CCCCCN(C)C1(CN)CCN(CC)CC1. The fraction of sp³-hybridized carbons (Fsp3) is 1.00. The summed E-state index contributed by atoms with van der Waals surface area (Å²) in [5.41, 5.74) is 6.35. The third kappa shape index (κ3) is 3.94. The van der Waals surface area contributed by atoms with E-state index in [2.05, 4.69) is 30.7 Å². The highest BCUT2D eigenvalue weighted by Gasteiger charge is 2.36. The monoisotopic (exact) mass is 241 g/mol. The summed E-state index contributed by atoms with van der Waals surface area (Å²) >= 11 is 0. The minimum Gasteiger partial charge on any atom is -0.329 e. The van der Waals surface area contributed by atoms with Crippen molar-refractivity contribution in [3.05, 3.63) is 0 Å². The molecule has 1 fully saturated rings. The maximum atomic E-state index is 6.07. The van der Waals surface area contributed by atoms with Crippen LogP contribution in [0.25, 0.3) is 0 Å². The van der Waals surface area contributed by atoms with Gasteiger partial charge in [-0.05, 0) is 52.5 Å². The molecule has 0 unspecified atom stereocenters. The first-order chi connectivity index (χ1) is 8.18. The Balaban J connectivity index is 2.45. The first-order valence-corrected chi connectivity index (χ1v) is 7.32. The number of hydrogen-bond donors (Lipinski definition) is 1. The predicted octanol–water partition coefficient (Wildman–Crippen LogP) is 1.92. The summed E-state index contributed by atoms with van der Waals surface area (Å²) in [5.74, 6) is 0. The Kier molecular flexibility index (Phi) is 6.45. The molecule has 0 saturated carbocycles. The first-order valence-electron chi connectivity index (χ1n) is 7.32. The molecule has 1 aliphatic heterocycles. The van der Waals surface area contributed by atoms with Gasteiger partial charge in [-0.2, -0.15) is 0 Å².